The van der Waals surface area contributed by atoms with Crippen LogP contribution in [0, 0.1) is 5.92 Å². The standard InChI is InChI=1S/C16H23NO.C11H13ClN2O/c1-2-12-17(11-1)13-3-4-14-5-7-15(8-6-14)18-16-9-10-16;12-9-1-3-10(4-2-9)14-6-5-8(7-14)11(13)15/h5-8,16H,1-4,9-13H2;1-4,8H,5-7H2,(H2,13,15). The van der Waals surface area contributed by atoms with Crippen LogP contribution in [0.5, 0.6) is 5.75 Å². The summed E-state index contributed by atoms with van der Waals surface area (Å²) in [6, 6.07) is 16.3. The number of carbonyl (C=O) groups is 1. The van der Waals surface area contributed by atoms with E-state index < -0.39 is 0 Å². The number of ether oxygens (including phenoxy) is 1. The smallest absolute Gasteiger partial charge is 0.222 e. The van der Waals surface area contributed by atoms with Crippen LogP contribution in [-0.2, 0) is 11.2 Å². The van der Waals surface area contributed by atoms with E-state index >= 15 is 0 Å². The van der Waals surface area contributed by atoms with E-state index in [-0.39, 0.29) is 11.8 Å². The van der Waals surface area contributed by atoms with Crippen molar-refractivity contribution >= 4 is 23.2 Å². The molecule has 1 aliphatic carbocycles. The highest BCUT2D eigenvalue weighted by Gasteiger charge is 2.26. The second-order valence-corrected chi connectivity index (χ2v) is 9.86. The first-order valence-corrected chi connectivity index (χ1v) is 12.7. The lowest BCUT2D eigenvalue weighted by atomic mass is 10.1. The lowest BCUT2D eigenvalue weighted by Gasteiger charge is -2.17. The van der Waals surface area contributed by atoms with Crippen molar-refractivity contribution in [2.75, 3.05) is 37.6 Å². The maximum absolute atomic E-state index is 11.0. The van der Waals surface area contributed by atoms with Crippen molar-refractivity contribution in [1.82, 2.24) is 4.90 Å². The van der Waals surface area contributed by atoms with Crippen molar-refractivity contribution < 1.29 is 9.53 Å². The van der Waals surface area contributed by atoms with Gasteiger partial charge in [-0.15, -0.1) is 0 Å². The summed E-state index contributed by atoms with van der Waals surface area (Å²) >= 11 is 5.80. The van der Waals surface area contributed by atoms with Gasteiger partial charge in [0.05, 0.1) is 12.0 Å². The second kappa shape index (κ2) is 11.8. The fourth-order valence-corrected chi connectivity index (χ4v) is 4.63. The number of benzene rings is 2. The Morgan fingerprint density at radius 1 is 0.970 bits per heavy atom. The molecule has 0 radical (unpaired) electrons. The summed E-state index contributed by atoms with van der Waals surface area (Å²) in [5.74, 6) is 0.827. The van der Waals surface area contributed by atoms with Gasteiger partial charge >= 0.3 is 0 Å². The highest BCUT2D eigenvalue weighted by Crippen LogP contribution is 2.27. The number of aryl methyl sites for hydroxylation is 1. The topological polar surface area (TPSA) is 58.8 Å². The molecule has 3 fully saturated rings. The van der Waals surface area contributed by atoms with E-state index in [4.69, 9.17) is 22.1 Å². The number of likely N-dealkylation sites (tertiary alicyclic amines) is 1. The molecule has 33 heavy (non-hydrogen) atoms. The average molecular weight is 470 g/mol. The molecular formula is C27H36ClN3O2. The van der Waals surface area contributed by atoms with Gasteiger partial charge in [0.15, 0.2) is 0 Å². The number of anilines is 1. The summed E-state index contributed by atoms with van der Waals surface area (Å²) < 4.78 is 5.76. The molecule has 1 atom stereocenters. The molecule has 5 nitrogen and oxygen atoms in total. The van der Waals surface area contributed by atoms with Crippen LogP contribution in [0.1, 0.15) is 44.1 Å². The van der Waals surface area contributed by atoms with Gasteiger partial charge in [-0.05, 0) is 107 Å². The van der Waals surface area contributed by atoms with E-state index in [1.807, 2.05) is 24.3 Å². The third-order valence-corrected chi connectivity index (χ3v) is 6.92. The van der Waals surface area contributed by atoms with Crippen LogP contribution in [0.2, 0.25) is 5.02 Å². The fraction of sp³-hybridized carbons (Fsp3) is 0.519. The van der Waals surface area contributed by atoms with Crippen LogP contribution < -0.4 is 15.4 Å². The zero-order valence-electron chi connectivity index (χ0n) is 19.4. The summed E-state index contributed by atoms with van der Waals surface area (Å²) in [4.78, 5) is 15.8. The molecule has 0 bridgehead atoms. The lowest BCUT2D eigenvalue weighted by molar-refractivity contribution is -0.121. The molecule has 2 saturated heterocycles. The molecule has 1 saturated carbocycles. The van der Waals surface area contributed by atoms with Gasteiger partial charge in [0.2, 0.25) is 5.91 Å². The second-order valence-electron chi connectivity index (χ2n) is 9.42. The molecule has 2 aromatic rings. The van der Waals surface area contributed by atoms with Crippen molar-refractivity contribution in [3.8, 4) is 5.75 Å². The van der Waals surface area contributed by atoms with E-state index in [0.29, 0.717) is 6.10 Å². The van der Waals surface area contributed by atoms with Crippen LogP contribution >= 0.6 is 11.6 Å². The molecular weight excluding hydrogens is 434 g/mol. The minimum Gasteiger partial charge on any atom is -0.490 e. The molecule has 1 unspecified atom stereocenters. The summed E-state index contributed by atoms with van der Waals surface area (Å²) in [6.45, 7) is 5.49. The first kappa shape index (κ1) is 23.9. The Hall–Kier alpha value is -2.24. The number of hydrogen-bond acceptors (Lipinski definition) is 4. The van der Waals surface area contributed by atoms with Crippen molar-refractivity contribution in [2.24, 2.45) is 11.7 Å². The first-order chi connectivity index (χ1) is 16.1. The molecule has 2 aliphatic heterocycles. The molecule has 6 heteroatoms. The first-order valence-electron chi connectivity index (χ1n) is 12.3. The molecule has 0 aromatic heterocycles. The minimum absolute atomic E-state index is 0.0133. The molecule has 1 amide bonds. The zero-order valence-corrected chi connectivity index (χ0v) is 20.2. The number of nitrogens with zero attached hydrogens (tertiary/aromatic N) is 2. The predicted octanol–water partition coefficient (Wildman–Crippen LogP) is 4.91. The van der Waals surface area contributed by atoms with Gasteiger partial charge in [-0.1, -0.05) is 23.7 Å². The molecule has 178 valence electrons. The Kier molecular flexibility index (Phi) is 8.51. The molecule has 2 N–H and O–H groups in total. The molecule has 2 aromatic carbocycles. The van der Waals surface area contributed by atoms with Gasteiger partial charge in [-0.2, -0.15) is 0 Å². The van der Waals surface area contributed by atoms with Crippen LogP contribution in [0.3, 0.4) is 0 Å². The van der Waals surface area contributed by atoms with Gasteiger partial charge in [0, 0.05) is 23.8 Å². The zero-order chi connectivity index (χ0) is 23.0. The summed E-state index contributed by atoms with van der Waals surface area (Å²) in [5, 5.41) is 0.726. The number of primary amides is 1. The van der Waals surface area contributed by atoms with Crippen LogP contribution in [0.15, 0.2) is 48.5 Å². The molecule has 5 rings (SSSR count). The van der Waals surface area contributed by atoms with E-state index in [0.717, 1.165) is 36.0 Å². The number of rotatable bonds is 8. The minimum atomic E-state index is -0.202. The van der Waals surface area contributed by atoms with Gasteiger partial charge in [-0.25, -0.2) is 0 Å². The Bertz CT molecular complexity index is 877. The van der Waals surface area contributed by atoms with Gasteiger partial charge in [-0.3, -0.25) is 4.79 Å². The Morgan fingerprint density at radius 2 is 1.67 bits per heavy atom. The van der Waals surface area contributed by atoms with E-state index in [2.05, 4.69) is 34.1 Å². The van der Waals surface area contributed by atoms with Crippen molar-refractivity contribution in [3.05, 3.63) is 59.1 Å². The highest BCUT2D eigenvalue weighted by molar-refractivity contribution is 6.30. The normalized spacial score (nSPS) is 20.4. The number of amides is 1. The number of hydrogen-bond donors (Lipinski definition) is 1. The lowest BCUT2D eigenvalue weighted by Crippen LogP contribution is -2.27. The number of nitrogens with two attached hydrogens (primary N) is 1. The average Bonchev–Trinajstić information content (AvgIpc) is 3.27. The Morgan fingerprint density at radius 3 is 2.27 bits per heavy atom. The van der Waals surface area contributed by atoms with E-state index in [1.54, 1.807) is 0 Å². The Balaban J connectivity index is 0.000000160. The van der Waals surface area contributed by atoms with E-state index in [9.17, 15) is 4.79 Å². The third-order valence-electron chi connectivity index (χ3n) is 6.67. The maximum Gasteiger partial charge on any atom is 0.222 e. The Labute approximate surface area is 202 Å². The SMILES string of the molecule is NC(=O)C1CCN(c2ccc(Cl)cc2)C1.c1cc(OC2CC2)ccc1CCCN1CCCC1. The highest BCUT2D eigenvalue weighted by atomic mass is 35.5. The quantitative estimate of drug-likeness (QED) is 0.596. The van der Waals surface area contributed by atoms with Crippen molar-refractivity contribution in [1.29, 1.82) is 0 Å². The maximum atomic E-state index is 11.0. The summed E-state index contributed by atoms with van der Waals surface area (Å²) in [6.07, 6.45) is 9.09. The largest absolute Gasteiger partial charge is 0.490 e. The molecule has 2 heterocycles. The molecule has 3 aliphatic rings. The monoisotopic (exact) mass is 469 g/mol. The number of halogens is 1. The van der Waals surface area contributed by atoms with Gasteiger partial charge in [0.25, 0.3) is 0 Å². The summed E-state index contributed by atoms with van der Waals surface area (Å²) in [5.41, 5.74) is 7.82. The van der Waals surface area contributed by atoms with Crippen molar-refractivity contribution in [2.45, 2.75) is 51.0 Å². The number of carbonyl (C=O) groups excluding carboxylic acids is 1. The fourth-order valence-electron chi connectivity index (χ4n) is 4.50. The van der Waals surface area contributed by atoms with E-state index in [1.165, 1.54) is 63.7 Å². The third kappa shape index (κ3) is 7.65. The van der Waals surface area contributed by atoms with Crippen LogP contribution in [0.4, 0.5) is 5.69 Å². The van der Waals surface area contributed by atoms with Gasteiger partial charge < -0.3 is 20.3 Å². The summed E-state index contributed by atoms with van der Waals surface area (Å²) in [7, 11) is 0. The predicted molar refractivity (Wildman–Crippen MR) is 135 cm³/mol. The van der Waals surface area contributed by atoms with Crippen molar-refractivity contribution in [3.63, 3.8) is 0 Å². The molecule has 0 spiro atoms. The van der Waals surface area contributed by atoms with Crippen LogP contribution in [-0.4, -0.2) is 49.6 Å². The van der Waals surface area contributed by atoms with Gasteiger partial charge in [0.1, 0.15) is 5.75 Å². The van der Waals surface area contributed by atoms with Crippen LogP contribution in [0.25, 0.3) is 0 Å².